The van der Waals surface area contributed by atoms with Crippen LogP contribution in [0, 0.1) is 0 Å². The minimum absolute atomic E-state index is 0.0923. The Kier molecular flexibility index (Phi) is 5.97. The first-order valence-electron chi connectivity index (χ1n) is 10.3. The molecule has 2 aliphatic rings. The van der Waals surface area contributed by atoms with Crippen molar-refractivity contribution in [3.8, 4) is 0 Å². The minimum atomic E-state index is -0.0923. The Bertz CT molecular complexity index is 1050. The summed E-state index contributed by atoms with van der Waals surface area (Å²) in [5, 5.41) is 1.50. The maximum Gasteiger partial charge on any atom is 0.276 e. The quantitative estimate of drug-likeness (QED) is 0.484. The van der Waals surface area contributed by atoms with Crippen molar-refractivity contribution in [2.75, 3.05) is 26.7 Å². The van der Waals surface area contributed by atoms with Crippen LogP contribution in [-0.4, -0.2) is 62.9 Å². The largest absolute Gasteiger partial charge is 0.341 e. The SMILES string of the molecule is CCN1C(=O)/C(=C/c2cn(CC(=O)N3CCCCC3)c3ccc(Br)cc23)N(C)C1=S. The Morgan fingerprint density at radius 1 is 1.23 bits per heavy atom. The summed E-state index contributed by atoms with van der Waals surface area (Å²) in [6.45, 7) is 4.42. The molecule has 0 unspecified atom stereocenters. The summed E-state index contributed by atoms with van der Waals surface area (Å²) in [4.78, 5) is 31.0. The summed E-state index contributed by atoms with van der Waals surface area (Å²) in [5.41, 5.74) is 2.41. The van der Waals surface area contributed by atoms with Gasteiger partial charge in [-0.15, -0.1) is 0 Å². The van der Waals surface area contributed by atoms with E-state index in [2.05, 4.69) is 15.9 Å². The summed E-state index contributed by atoms with van der Waals surface area (Å²) < 4.78 is 2.94. The maximum absolute atomic E-state index is 12.9. The second kappa shape index (κ2) is 8.51. The van der Waals surface area contributed by atoms with Crippen molar-refractivity contribution in [1.29, 1.82) is 0 Å². The van der Waals surface area contributed by atoms with Gasteiger partial charge in [-0.25, -0.2) is 0 Å². The molecule has 158 valence electrons. The number of piperidine rings is 1. The van der Waals surface area contributed by atoms with Crippen LogP contribution >= 0.6 is 28.1 Å². The Morgan fingerprint density at radius 2 is 1.97 bits per heavy atom. The zero-order valence-corrected chi connectivity index (χ0v) is 19.6. The lowest BCUT2D eigenvalue weighted by atomic mass is 10.1. The fraction of sp³-hybridized carbons (Fsp3) is 0.409. The van der Waals surface area contributed by atoms with Crippen molar-refractivity contribution in [3.05, 3.63) is 40.1 Å². The van der Waals surface area contributed by atoms with E-state index in [9.17, 15) is 9.59 Å². The predicted molar refractivity (Wildman–Crippen MR) is 126 cm³/mol. The van der Waals surface area contributed by atoms with Crippen molar-refractivity contribution in [1.82, 2.24) is 19.3 Å². The first-order chi connectivity index (χ1) is 14.4. The van der Waals surface area contributed by atoms with Gasteiger partial charge in [0.2, 0.25) is 5.91 Å². The Hall–Kier alpha value is -2.19. The third-order valence-corrected chi connectivity index (χ3v) is 6.83. The number of nitrogens with zero attached hydrogens (tertiary/aromatic N) is 4. The first kappa shape index (κ1) is 21.1. The van der Waals surface area contributed by atoms with Gasteiger partial charge in [-0.3, -0.25) is 14.5 Å². The van der Waals surface area contributed by atoms with Gasteiger partial charge in [0, 0.05) is 53.8 Å². The molecule has 8 heteroatoms. The Morgan fingerprint density at radius 3 is 2.63 bits per heavy atom. The van der Waals surface area contributed by atoms with Gasteiger partial charge in [0.15, 0.2) is 5.11 Å². The molecule has 4 rings (SSSR count). The van der Waals surface area contributed by atoms with E-state index in [1.165, 1.54) is 6.42 Å². The number of fused-ring (bicyclic) bond motifs is 1. The molecular weight excluding hydrogens is 464 g/mol. The zero-order valence-electron chi connectivity index (χ0n) is 17.2. The van der Waals surface area contributed by atoms with Crippen LogP contribution in [0.25, 0.3) is 17.0 Å². The van der Waals surface area contributed by atoms with Gasteiger partial charge in [0.1, 0.15) is 12.2 Å². The third-order valence-electron chi connectivity index (χ3n) is 5.84. The molecule has 2 aliphatic heterocycles. The highest BCUT2D eigenvalue weighted by Crippen LogP contribution is 2.29. The van der Waals surface area contributed by atoms with Crippen LogP contribution < -0.4 is 0 Å². The smallest absolute Gasteiger partial charge is 0.276 e. The Balaban J connectivity index is 1.72. The van der Waals surface area contributed by atoms with E-state index in [1.54, 1.807) is 9.80 Å². The molecule has 1 aromatic heterocycles. The van der Waals surface area contributed by atoms with Gasteiger partial charge < -0.3 is 14.4 Å². The van der Waals surface area contributed by atoms with Crippen LogP contribution in [0.3, 0.4) is 0 Å². The van der Waals surface area contributed by atoms with Crippen molar-refractivity contribution in [3.63, 3.8) is 0 Å². The molecule has 2 aromatic rings. The number of likely N-dealkylation sites (tertiary alicyclic amines) is 1. The molecule has 2 fully saturated rings. The van der Waals surface area contributed by atoms with Crippen LogP contribution in [0.5, 0.6) is 0 Å². The Labute approximate surface area is 190 Å². The number of halogens is 1. The van der Waals surface area contributed by atoms with Crippen molar-refractivity contribution >= 4 is 62.1 Å². The molecule has 0 radical (unpaired) electrons. The fourth-order valence-corrected chi connectivity index (χ4v) is 4.84. The summed E-state index contributed by atoms with van der Waals surface area (Å²) in [6.07, 6.45) is 7.18. The van der Waals surface area contributed by atoms with E-state index >= 15 is 0 Å². The predicted octanol–water partition coefficient (Wildman–Crippen LogP) is 3.84. The second-order valence-corrected chi connectivity index (χ2v) is 9.02. The van der Waals surface area contributed by atoms with E-state index in [0.29, 0.717) is 23.9 Å². The molecule has 0 aliphatic carbocycles. The number of benzene rings is 1. The maximum atomic E-state index is 12.9. The molecule has 6 nitrogen and oxygen atoms in total. The molecule has 2 amide bonds. The number of thiocarbonyl (C=S) groups is 1. The van der Waals surface area contributed by atoms with Crippen LogP contribution in [0.4, 0.5) is 0 Å². The van der Waals surface area contributed by atoms with Gasteiger partial charge >= 0.3 is 0 Å². The number of amides is 2. The topological polar surface area (TPSA) is 48.8 Å². The van der Waals surface area contributed by atoms with Gasteiger partial charge in [-0.1, -0.05) is 15.9 Å². The summed E-state index contributed by atoms with van der Waals surface area (Å²) in [6, 6.07) is 6.01. The summed E-state index contributed by atoms with van der Waals surface area (Å²) >= 11 is 8.96. The van der Waals surface area contributed by atoms with Crippen molar-refractivity contribution < 1.29 is 9.59 Å². The van der Waals surface area contributed by atoms with Crippen molar-refractivity contribution in [2.24, 2.45) is 0 Å². The molecule has 0 N–H and O–H groups in total. The van der Waals surface area contributed by atoms with Gasteiger partial charge in [-0.05, 0) is 62.7 Å². The van der Waals surface area contributed by atoms with Crippen molar-refractivity contribution in [2.45, 2.75) is 32.7 Å². The minimum Gasteiger partial charge on any atom is -0.341 e. The highest BCUT2D eigenvalue weighted by molar-refractivity contribution is 9.10. The van der Waals surface area contributed by atoms with Crippen LogP contribution in [0.15, 0.2) is 34.6 Å². The number of carbonyl (C=O) groups excluding carboxylic acids is 2. The standard InChI is InChI=1S/C22H25BrN4O2S/c1-3-27-21(29)19(24(2)22(27)30)11-15-13-26(18-8-7-16(23)12-17(15)18)14-20(28)25-9-5-4-6-10-25/h7-8,11-13H,3-6,9-10,14H2,1-2H3/b19-11-. The van der Waals surface area contributed by atoms with E-state index in [4.69, 9.17) is 12.2 Å². The average molecular weight is 489 g/mol. The van der Waals surface area contributed by atoms with Crippen LogP contribution in [-0.2, 0) is 16.1 Å². The van der Waals surface area contributed by atoms with Gasteiger partial charge in [0.05, 0.1) is 0 Å². The molecule has 2 saturated heterocycles. The molecule has 0 bridgehead atoms. The monoisotopic (exact) mass is 488 g/mol. The molecule has 0 spiro atoms. The number of carbonyl (C=O) groups is 2. The fourth-order valence-electron chi connectivity index (χ4n) is 4.17. The van der Waals surface area contributed by atoms with Gasteiger partial charge in [0.25, 0.3) is 5.91 Å². The number of aromatic nitrogens is 1. The van der Waals surface area contributed by atoms with Crippen LogP contribution in [0.1, 0.15) is 31.7 Å². The summed E-state index contributed by atoms with van der Waals surface area (Å²) in [5.74, 6) is 0.0476. The van der Waals surface area contributed by atoms with Crippen LogP contribution in [0.2, 0.25) is 0 Å². The van der Waals surface area contributed by atoms with E-state index in [0.717, 1.165) is 46.9 Å². The second-order valence-electron chi connectivity index (χ2n) is 7.74. The number of hydrogen-bond acceptors (Lipinski definition) is 3. The third kappa shape index (κ3) is 3.78. The highest BCUT2D eigenvalue weighted by Gasteiger charge is 2.34. The normalized spacial score (nSPS) is 18.9. The number of rotatable bonds is 4. The summed E-state index contributed by atoms with van der Waals surface area (Å²) in [7, 11) is 1.82. The number of likely N-dealkylation sites (N-methyl/N-ethyl adjacent to an activating group) is 2. The molecule has 3 heterocycles. The average Bonchev–Trinajstić information content (AvgIpc) is 3.17. The van der Waals surface area contributed by atoms with E-state index in [-0.39, 0.29) is 11.8 Å². The molecule has 30 heavy (non-hydrogen) atoms. The molecule has 1 aromatic carbocycles. The molecular formula is C22H25BrN4O2S. The van der Waals surface area contributed by atoms with E-state index < -0.39 is 0 Å². The lowest BCUT2D eigenvalue weighted by Crippen LogP contribution is -2.37. The van der Waals surface area contributed by atoms with Gasteiger partial charge in [-0.2, -0.15) is 0 Å². The molecule has 0 saturated carbocycles. The highest BCUT2D eigenvalue weighted by atomic mass is 79.9. The number of hydrogen-bond donors (Lipinski definition) is 0. The zero-order chi connectivity index (χ0) is 21.4. The first-order valence-corrected chi connectivity index (χ1v) is 11.5. The van der Waals surface area contributed by atoms with E-state index in [1.807, 2.05) is 53.9 Å². The lowest BCUT2D eigenvalue weighted by molar-refractivity contribution is -0.132. The molecule has 0 atom stereocenters. The lowest BCUT2D eigenvalue weighted by Gasteiger charge is -2.27.